The van der Waals surface area contributed by atoms with Gasteiger partial charge in [-0.15, -0.1) is 0 Å². The molecular weight excluding hydrogens is 487 g/mol. The Kier molecular flexibility index (Phi) is 10.7. The third-order valence-corrected chi connectivity index (χ3v) is 10.8. The van der Waals surface area contributed by atoms with E-state index in [1.54, 1.807) is 58.9 Å². The van der Waals surface area contributed by atoms with Crippen LogP contribution in [0.2, 0.25) is 0 Å². The Morgan fingerprint density at radius 3 is 2.07 bits per heavy atom. The number of hydrogen-bond acceptors (Lipinski definition) is 4. The Labute approximate surface area is 191 Å². The second-order valence-electron chi connectivity index (χ2n) is 8.59. The number of unbranched alkanes of at least 4 members (excludes halogenated alkanes) is 4. The molecule has 0 aliphatic heterocycles. The molecule has 6 nitrogen and oxygen atoms in total. The summed E-state index contributed by atoms with van der Waals surface area (Å²) >= 11 is 3.40. The maximum atomic E-state index is 14.1. The van der Waals surface area contributed by atoms with E-state index in [1.807, 2.05) is 0 Å². The lowest BCUT2D eigenvalue weighted by molar-refractivity contribution is 0.295. The van der Waals surface area contributed by atoms with Crippen LogP contribution in [0.5, 0.6) is 0 Å². The molecule has 2 atom stereocenters. The number of sulfonamides is 1. The van der Waals surface area contributed by atoms with Gasteiger partial charge in [0.05, 0.1) is 11.4 Å². The monoisotopic (exact) mass is 524 g/mol. The molecule has 0 radical (unpaired) electrons. The van der Waals surface area contributed by atoms with Crippen LogP contribution in [0, 0.1) is 0 Å². The molecule has 0 heterocycles. The Bertz CT molecular complexity index is 809. The zero-order valence-electron chi connectivity index (χ0n) is 19.1. The van der Waals surface area contributed by atoms with Crippen LogP contribution < -0.4 is 9.81 Å². The second-order valence-corrected chi connectivity index (χ2v) is 14.5. The molecule has 0 bridgehead atoms. The van der Waals surface area contributed by atoms with Gasteiger partial charge in [-0.25, -0.2) is 13.5 Å². The van der Waals surface area contributed by atoms with Gasteiger partial charge in [0.2, 0.25) is 10.0 Å². The molecule has 174 valence electrons. The fraction of sp³-hybridized carbons (Fsp3) is 0.714. The summed E-state index contributed by atoms with van der Waals surface area (Å²) in [7, 11) is -7.47. The average Bonchev–Trinajstić information content (AvgIpc) is 2.64. The predicted octanol–water partition coefficient (Wildman–Crippen LogP) is 6.13. The van der Waals surface area contributed by atoms with Gasteiger partial charge in [-0.2, -0.15) is 4.72 Å². The number of halogens is 1. The zero-order chi connectivity index (χ0) is 23.1. The predicted molar refractivity (Wildman–Crippen MR) is 129 cm³/mol. The van der Waals surface area contributed by atoms with Crippen molar-refractivity contribution in [2.24, 2.45) is 0 Å². The van der Waals surface area contributed by atoms with Crippen LogP contribution in [0.4, 0.5) is 0 Å². The number of benzene rings is 1. The molecule has 1 rings (SSSR count). The smallest absolute Gasteiger partial charge is 0.294 e. The van der Waals surface area contributed by atoms with E-state index in [2.05, 4.69) is 32.7 Å². The topological polar surface area (TPSA) is 84.5 Å². The van der Waals surface area contributed by atoms with E-state index in [4.69, 9.17) is 4.52 Å². The highest BCUT2D eigenvalue weighted by Crippen LogP contribution is 2.60. The van der Waals surface area contributed by atoms with Gasteiger partial charge in [-0.1, -0.05) is 60.7 Å². The highest BCUT2D eigenvalue weighted by molar-refractivity contribution is 9.10. The molecule has 0 aliphatic rings. The Hall–Kier alpha value is -0.240. The first-order chi connectivity index (χ1) is 13.8. The van der Waals surface area contributed by atoms with E-state index in [1.165, 1.54) is 6.42 Å². The van der Waals surface area contributed by atoms with Gasteiger partial charge in [0.1, 0.15) is 5.28 Å². The van der Waals surface area contributed by atoms with Crippen LogP contribution >= 0.6 is 23.4 Å². The van der Waals surface area contributed by atoms with Crippen LogP contribution in [0.1, 0.15) is 79.2 Å². The second kappa shape index (κ2) is 11.6. The first kappa shape index (κ1) is 27.8. The van der Waals surface area contributed by atoms with Crippen LogP contribution in [-0.2, 0) is 24.4 Å². The highest BCUT2D eigenvalue weighted by atomic mass is 79.9. The van der Waals surface area contributed by atoms with E-state index in [-0.39, 0.29) is 6.61 Å². The number of nitrogens with one attached hydrogen (secondary N) is 2. The molecule has 1 aromatic rings. The van der Waals surface area contributed by atoms with Gasteiger partial charge in [0, 0.05) is 11.0 Å². The Balaban J connectivity index is 3.33. The van der Waals surface area contributed by atoms with Crippen molar-refractivity contribution in [2.75, 3.05) is 13.2 Å². The normalized spacial score (nSPS) is 16.8. The van der Waals surface area contributed by atoms with Crippen molar-refractivity contribution >= 4 is 33.5 Å². The molecule has 1 aromatic carbocycles. The standard InChI is InChI=1S/C21H38BrN2O4PS/c1-7-9-10-11-12-17-23-29(25,28-8-2)21(6,18-13-15-19(22)16-14-18)24-30(26,27)20(3,4)5/h13-16,24H,7-12,17H2,1-6H3,(H,23,25)/t21-,29+/m1/s1. The minimum atomic E-state index is -3.81. The maximum absolute atomic E-state index is 14.1. The molecule has 0 aromatic heterocycles. The summed E-state index contributed by atoms with van der Waals surface area (Å²) in [5, 5.41) is 1.64. The molecule has 9 heteroatoms. The van der Waals surface area contributed by atoms with E-state index in [0.29, 0.717) is 12.1 Å². The quantitative estimate of drug-likeness (QED) is 0.239. The summed E-state index contributed by atoms with van der Waals surface area (Å²) in [6, 6.07) is 7.15. The summed E-state index contributed by atoms with van der Waals surface area (Å²) in [5.74, 6) is 0. The van der Waals surface area contributed by atoms with Gasteiger partial charge < -0.3 is 4.52 Å². The highest BCUT2D eigenvalue weighted by Gasteiger charge is 2.51. The lowest BCUT2D eigenvalue weighted by Gasteiger charge is -2.39. The summed E-state index contributed by atoms with van der Waals surface area (Å²) in [5.41, 5.74) is 0.578. The Morgan fingerprint density at radius 1 is 1.00 bits per heavy atom. The summed E-state index contributed by atoms with van der Waals surface area (Å²) in [6.07, 6.45) is 5.32. The first-order valence-corrected chi connectivity index (χ1v) is 14.5. The van der Waals surface area contributed by atoms with Crippen molar-refractivity contribution in [3.8, 4) is 0 Å². The third kappa shape index (κ3) is 7.14. The van der Waals surface area contributed by atoms with E-state index in [0.717, 1.165) is 30.2 Å². The lowest BCUT2D eigenvalue weighted by atomic mass is 10.1. The largest absolute Gasteiger partial charge is 0.316 e. The molecule has 0 saturated carbocycles. The van der Waals surface area contributed by atoms with Gasteiger partial charge >= 0.3 is 0 Å². The zero-order valence-corrected chi connectivity index (χ0v) is 22.4. The van der Waals surface area contributed by atoms with Crippen LogP contribution in [0.25, 0.3) is 0 Å². The molecule has 0 unspecified atom stereocenters. The number of rotatable bonds is 13. The van der Waals surface area contributed by atoms with Gasteiger partial charge in [-0.3, -0.25) is 4.57 Å². The average molecular weight is 525 g/mol. The van der Waals surface area contributed by atoms with E-state index in [9.17, 15) is 13.0 Å². The van der Waals surface area contributed by atoms with E-state index < -0.39 is 27.6 Å². The van der Waals surface area contributed by atoms with E-state index >= 15 is 0 Å². The fourth-order valence-corrected chi connectivity index (χ4v) is 6.97. The molecule has 2 N–H and O–H groups in total. The van der Waals surface area contributed by atoms with Crippen molar-refractivity contribution in [3.05, 3.63) is 34.3 Å². The minimum Gasteiger partial charge on any atom is -0.316 e. The summed E-state index contributed by atoms with van der Waals surface area (Å²) in [4.78, 5) is 0. The van der Waals surface area contributed by atoms with Crippen LogP contribution in [-0.4, -0.2) is 26.3 Å². The van der Waals surface area contributed by atoms with Crippen LogP contribution in [0.15, 0.2) is 28.7 Å². The third-order valence-electron chi connectivity index (χ3n) is 5.05. The maximum Gasteiger partial charge on any atom is 0.294 e. The Morgan fingerprint density at radius 2 is 1.57 bits per heavy atom. The van der Waals surface area contributed by atoms with Crippen molar-refractivity contribution < 1.29 is 17.5 Å². The molecular formula is C21H38BrN2O4PS. The van der Waals surface area contributed by atoms with Crippen molar-refractivity contribution in [3.63, 3.8) is 0 Å². The lowest BCUT2D eigenvalue weighted by Crippen LogP contribution is -2.51. The van der Waals surface area contributed by atoms with Crippen molar-refractivity contribution in [1.82, 2.24) is 9.81 Å². The molecule has 0 aliphatic carbocycles. The minimum absolute atomic E-state index is 0.198. The molecule has 0 amide bonds. The molecule has 30 heavy (non-hydrogen) atoms. The summed E-state index contributed by atoms with van der Waals surface area (Å²) in [6.45, 7) is 11.1. The molecule has 0 saturated heterocycles. The summed E-state index contributed by atoms with van der Waals surface area (Å²) < 4.78 is 48.6. The van der Waals surface area contributed by atoms with Crippen molar-refractivity contribution in [1.29, 1.82) is 0 Å². The van der Waals surface area contributed by atoms with Gasteiger partial charge in [0.15, 0.2) is 0 Å². The SMILES string of the molecule is CCCCCCCN[P@@](=O)(OCC)[C@@](C)(NS(=O)(=O)C(C)(C)C)c1ccc(Br)cc1. The van der Waals surface area contributed by atoms with Gasteiger partial charge in [-0.05, 0) is 58.7 Å². The van der Waals surface area contributed by atoms with Crippen LogP contribution in [0.3, 0.4) is 0 Å². The van der Waals surface area contributed by atoms with Crippen molar-refractivity contribution in [2.45, 2.75) is 83.7 Å². The van der Waals surface area contributed by atoms with Gasteiger partial charge in [0.25, 0.3) is 7.52 Å². The number of hydrogen-bond donors (Lipinski definition) is 2. The molecule has 0 fully saturated rings. The molecule has 0 spiro atoms. The first-order valence-electron chi connectivity index (χ1n) is 10.6. The fourth-order valence-electron chi connectivity index (χ4n) is 2.95.